The van der Waals surface area contributed by atoms with Crippen LogP contribution in [0.4, 0.5) is 5.82 Å². The highest BCUT2D eigenvalue weighted by Crippen LogP contribution is 2.31. The fourth-order valence-electron chi connectivity index (χ4n) is 3.22. The number of aliphatic imine (C=N–C) groups is 1. The van der Waals surface area contributed by atoms with Crippen molar-refractivity contribution in [1.29, 1.82) is 0 Å². The van der Waals surface area contributed by atoms with Gasteiger partial charge in [0.1, 0.15) is 0 Å². The number of guanidine groups is 1. The van der Waals surface area contributed by atoms with Crippen molar-refractivity contribution in [2.75, 3.05) is 44.2 Å². The molecule has 1 aromatic heterocycles. The molecular weight excluding hydrogens is 320 g/mol. The number of anilines is 1. The molecule has 0 radical (unpaired) electrons. The van der Waals surface area contributed by atoms with Crippen LogP contribution in [0.25, 0.3) is 0 Å². The minimum atomic E-state index is -0.608. The standard InChI is InChI=1S/C17H28N6O2/c1-3-18-16(20-13-17(25)5-4-6-17)23-11-9-22(10-12-23)14-15(24)21(2)8-7-19-14/h7-8,25H,3-6,9-13H2,1-2H3,(H,18,20). The molecule has 1 saturated heterocycles. The zero-order valence-corrected chi connectivity index (χ0v) is 15.1. The SMILES string of the molecule is CCNC(=NCC1(O)CCC1)N1CCN(c2nccn(C)c2=O)CC1. The number of nitrogens with one attached hydrogen (secondary N) is 1. The van der Waals surface area contributed by atoms with Crippen molar-refractivity contribution in [3.63, 3.8) is 0 Å². The van der Waals surface area contributed by atoms with Gasteiger partial charge in [-0.15, -0.1) is 0 Å². The van der Waals surface area contributed by atoms with E-state index >= 15 is 0 Å². The van der Waals surface area contributed by atoms with Crippen LogP contribution < -0.4 is 15.8 Å². The fourth-order valence-corrected chi connectivity index (χ4v) is 3.22. The maximum atomic E-state index is 12.2. The molecule has 0 spiro atoms. The van der Waals surface area contributed by atoms with Crippen LogP contribution in [-0.2, 0) is 7.05 Å². The summed E-state index contributed by atoms with van der Waals surface area (Å²) in [5, 5.41) is 13.6. The average Bonchev–Trinajstić information content (AvgIpc) is 2.59. The van der Waals surface area contributed by atoms with Crippen molar-refractivity contribution in [3.8, 4) is 0 Å². The van der Waals surface area contributed by atoms with Gasteiger partial charge in [-0.3, -0.25) is 9.79 Å². The third-order valence-corrected chi connectivity index (χ3v) is 5.02. The van der Waals surface area contributed by atoms with Crippen molar-refractivity contribution >= 4 is 11.8 Å². The monoisotopic (exact) mass is 348 g/mol. The van der Waals surface area contributed by atoms with Crippen LogP contribution >= 0.6 is 0 Å². The maximum absolute atomic E-state index is 12.2. The molecule has 2 heterocycles. The Bertz CT molecular complexity index is 674. The summed E-state index contributed by atoms with van der Waals surface area (Å²) in [7, 11) is 1.74. The Labute approximate surface area is 148 Å². The van der Waals surface area contributed by atoms with E-state index in [9.17, 15) is 9.90 Å². The van der Waals surface area contributed by atoms with Crippen LogP contribution in [0.3, 0.4) is 0 Å². The summed E-state index contributed by atoms with van der Waals surface area (Å²) in [5.41, 5.74) is -0.674. The number of aromatic nitrogens is 2. The first-order chi connectivity index (χ1) is 12.0. The van der Waals surface area contributed by atoms with Crippen LogP contribution in [0.5, 0.6) is 0 Å². The molecule has 1 aliphatic heterocycles. The van der Waals surface area contributed by atoms with Gasteiger partial charge in [0.2, 0.25) is 0 Å². The van der Waals surface area contributed by atoms with E-state index in [-0.39, 0.29) is 5.56 Å². The highest BCUT2D eigenvalue weighted by Gasteiger charge is 2.34. The Balaban J connectivity index is 1.63. The number of hydrogen-bond donors (Lipinski definition) is 2. The Morgan fingerprint density at radius 1 is 1.36 bits per heavy atom. The van der Waals surface area contributed by atoms with Gasteiger partial charge in [-0.1, -0.05) is 0 Å². The number of rotatable bonds is 4. The zero-order chi connectivity index (χ0) is 17.9. The van der Waals surface area contributed by atoms with Gasteiger partial charge in [0.05, 0.1) is 12.1 Å². The smallest absolute Gasteiger partial charge is 0.293 e. The lowest BCUT2D eigenvalue weighted by Gasteiger charge is -2.38. The van der Waals surface area contributed by atoms with Crippen LogP contribution in [0.15, 0.2) is 22.2 Å². The predicted molar refractivity (Wildman–Crippen MR) is 98.0 cm³/mol. The molecule has 2 aliphatic rings. The molecule has 1 saturated carbocycles. The maximum Gasteiger partial charge on any atom is 0.293 e. The Hall–Kier alpha value is -2.09. The van der Waals surface area contributed by atoms with E-state index in [2.05, 4.69) is 20.2 Å². The third-order valence-electron chi connectivity index (χ3n) is 5.02. The molecule has 1 aliphatic carbocycles. The minimum Gasteiger partial charge on any atom is -0.388 e. The summed E-state index contributed by atoms with van der Waals surface area (Å²) in [6.45, 7) is 6.27. The van der Waals surface area contributed by atoms with Crippen LogP contribution in [-0.4, -0.2) is 70.4 Å². The zero-order valence-electron chi connectivity index (χ0n) is 15.1. The van der Waals surface area contributed by atoms with Crippen molar-refractivity contribution in [3.05, 3.63) is 22.7 Å². The molecular formula is C17H28N6O2. The Morgan fingerprint density at radius 3 is 2.68 bits per heavy atom. The van der Waals surface area contributed by atoms with Gasteiger partial charge in [0.15, 0.2) is 11.8 Å². The van der Waals surface area contributed by atoms with E-state index in [0.29, 0.717) is 12.4 Å². The summed E-state index contributed by atoms with van der Waals surface area (Å²) in [6, 6.07) is 0. The normalized spacial score (nSPS) is 20.4. The Kier molecular flexibility index (Phi) is 5.27. The van der Waals surface area contributed by atoms with Gasteiger partial charge in [-0.05, 0) is 26.2 Å². The van der Waals surface area contributed by atoms with Crippen molar-refractivity contribution in [1.82, 2.24) is 19.8 Å². The van der Waals surface area contributed by atoms with Crippen molar-refractivity contribution in [2.45, 2.75) is 31.8 Å². The first-order valence-corrected chi connectivity index (χ1v) is 9.05. The van der Waals surface area contributed by atoms with Crippen molar-refractivity contribution < 1.29 is 5.11 Å². The molecule has 2 N–H and O–H groups in total. The quantitative estimate of drug-likeness (QED) is 0.578. The molecule has 0 aromatic carbocycles. The average molecular weight is 348 g/mol. The molecule has 2 fully saturated rings. The van der Waals surface area contributed by atoms with E-state index in [1.165, 1.54) is 0 Å². The highest BCUT2D eigenvalue weighted by molar-refractivity contribution is 5.80. The third kappa shape index (κ3) is 3.95. The number of piperazine rings is 1. The Morgan fingerprint density at radius 2 is 2.08 bits per heavy atom. The minimum absolute atomic E-state index is 0.0660. The van der Waals surface area contributed by atoms with Gasteiger partial charge in [0, 0.05) is 52.2 Å². The lowest BCUT2D eigenvalue weighted by atomic mass is 9.80. The highest BCUT2D eigenvalue weighted by atomic mass is 16.3. The predicted octanol–water partition coefficient (Wildman–Crippen LogP) is -0.217. The summed E-state index contributed by atoms with van der Waals surface area (Å²) in [6.07, 6.45) is 6.09. The largest absolute Gasteiger partial charge is 0.388 e. The summed E-state index contributed by atoms with van der Waals surface area (Å²) in [4.78, 5) is 25.3. The molecule has 1 aromatic rings. The second-order valence-electron chi connectivity index (χ2n) is 6.89. The van der Waals surface area contributed by atoms with Crippen molar-refractivity contribution in [2.24, 2.45) is 12.0 Å². The van der Waals surface area contributed by atoms with E-state index in [1.54, 1.807) is 24.0 Å². The first kappa shape index (κ1) is 17.7. The second-order valence-corrected chi connectivity index (χ2v) is 6.89. The molecule has 0 amide bonds. The molecule has 0 bridgehead atoms. The van der Waals surface area contributed by atoms with Gasteiger partial charge in [-0.25, -0.2) is 4.98 Å². The molecule has 0 atom stereocenters. The van der Waals surface area contributed by atoms with E-state index in [4.69, 9.17) is 0 Å². The second kappa shape index (κ2) is 7.43. The number of aliphatic hydroxyl groups is 1. The van der Waals surface area contributed by atoms with Crippen LogP contribution in [0.1, 0.15) is 26.2 Å². The number of hydrogen-bond acceptors (Lipinski definition) is 5. The molecule has 0 unspecified atom stereocenters. The van der Waals surface area contributed by atoms with Gasteiger partial charge in [0.25, 0.3) is 5.56 Å². The van der Waals surface area contributed by atoms with Gasteiger partial charge >= 0.3 is 0 Å². The van der Waals surface area contributed by atoms with Gasteiger partial charge < -0.3 is 24.8 Å². The summed E-state index contributed by atoms with van der Waals surface area (Å²) < 4.78 is 1.56. The van der Waals surface area contributed by atoms with Crippen LogP contribution in [0, 0.1) is 0 Å². The van der Waals surface area contributed by atoms with Crippen LogP contribution in [0.2, 0.25) is 0 Å². The number of aryl methyl sites for hydroxylation is 1. The molecule has 138 valence electrons. The molecule has 3 rings (SSSR count). The molecule has 25 heavy (non-hydrogen) atoms. The van der Waals surface area contributed by atoms with E-state index in [1.807, 2.05) is 11.8 Å². The summed E-state index contributed by atoms with van der Waals surface area (Å²) >= 11 is 0. The number of nitrogens with zero attached hydrogens (tertiary/aromatic N) is 5. The molecule has 8 nitrogen and oxygen atoms in total. The van der Waals surface area contributed by atoms with E-state index in [0.717, 1.165) is 57.9 Å². The lowest BCUT2D eigenvalue weighted by Crippen LogP contribution is -2.54. The molecule has 8 heteroatoms. The first-order valence-electron chi connectivity index (χ1n) is 9.05. The van der Waals surface area contributed by atoms with Gasteiger partial charge in [-0.2, -0.15) is 0 Å². The fraction of sp³-hybridized carbons (Fsp3) is 0.706. The lowest BCUT2D eigenvalue weighted by molar-refractivity contribution is -0.0237. The summed E-state index contributed by atoms with van der Waals surface area (Å²) in [5.74, 6) is 1.35. The topological polar surface area (TPSA) is 86.0 Å². The van der Waals surface area contributed by atoms with E-state index < -0.39 is 5.60 Å².